The van der Waals surface area contributed by atoms with E-state index >= 15 is 0 Å². The van der Waals surface area contributed by atoms with E-state index in [-0.39, 0.29) is 11.8 Å². The molecule has 166 valence electrons. The first-order valence-corrected chi connectivity index (χ1v) is 11.7. The van der Waals surface area contributed by atoms with Crippen molar-refractivity contribution in [2.24, 2.45) is 13.0 Å². The summed E-state index contributed by atoms with van der Waals surface area (Å²) in [6.07, 6.45) is 5.70. The summed E-state index contributed by atoms with van der Waals surface area (Å²) in [5.41, 5.74) is 4.04. The minimum Gasteiger partial charge on any atom is -0.335 e. The van der Waals surface area contributed by atoms with Crippen molar-refractivity contribution in [1.82, 2.24) is 14.5 Å². The quantitative estimate of drug-likeness (QED) is 0.647. The van der Waals surface area contributed by atoms with Crippen LogP contribution in [0.2, 0.25) is 0 Å². The standard InChI is InChI=1S/C26H30N4O2/c1-3-24(31)27-19-14-21(26(32)30-16-18-10-7-11-20(30)12-18)25-22(15-19)28-23(29(25)2)13-17-8-5-4-6-9-17/h4-6,8-9,14-15,18,20H,3,7,10-13,16H2,1-2H3,(H,27,31). The van der Waals surface area contributed by atoms with E-state index in [0.29, 0.717) is 36.1 Å². The van der Waals surface area contributed by atoms with Gasteiger partial charge in [0.15, 0.2) is 0 Å². The molecule has 2 unspecified atom stereocenters. The first-order chi connectivity index (χ1) is 15.5. The number of aryl methyl sites for hydroxylation is 1. The number of benzene rings is 2. The number of hydrogen-bond donors (Lipinski definition) is 1. The van der Waals surface area contributed by atoms with Gasteiger partial charge in [0.05, 0.1) is 16.6 Å². The molecule has 1 aromatic heterocycles. The molecule has 1 saturated carbocycles. The molecule has 3 aromatic rings. The number of imidazole rings is 1. The van der Waals surface area contributed by atoms with Crippen LogP contribution < -0.4 is 5.32 Å². The lowest BCUT2D eigenvalue weighted by Gasteiger charge is -2.25. The fourth-order valence-electron chi connectivity index (χ4n) is 5.36. The molecule has 2 amide bonds. The molecule has 6 nitrogen and oxygen atoms in total. The maximum absolute atomic E-state index is 13.8. The highest BCUT2D eigenvalue weighted by Crippen LogP contribution is 2.37. The molecule has 2 atom stereocenters. The van der Waals surface area contributed by atoms with Gasteiger partial charge in [-0.1, -0.05) is 43.7 Å². The summed E-state index contributed by atoms with van der Waals surface area (Å²) in [6, 6.07) is 14.3. The zero-order chi connectivity index (χ0) is 22.2. The van der Waals surface area contributed by atoms with E-state index in [4.69, 9.17) is 4.98 Å². The third-order valence-electron chi connectivity index (χ3n) is 7.01. The first-order valence-electron chi connectivity index (χ1n) is 11.7. The van der Waals surface area contributed by atoms with Crippen LogP contribution in [0.4, 0.5) is 5.69 Å². The Labute approximate surface area is 188 Å². The maximum atomic E-state index is 13.8. The Hall–Kier alpha value is -3.15. The molecule has 1 saturated heterocycles. The third-order valence-corrected chi connectivity index (χ3v) is 7.01. The minimum atomic E-state index is -0.0692. The molecule has 2 heterocycles. The normalized spacial score (nSPS) is 20.0. The molecule has 2 aromatic carbocycles. The molecule has 1 N–H and O–H groups in total. The van der Waals surface area contributed by atoms with E-state index in [1.807, 2.05) is 48.9 Å². The predicted octanol–water partition coefficient (Wildman–Crippen LogP) is 4.53. The molecule has 2 aliphatic rings. The summed E-state index contributed by atoms with van der Waals surface area (Å²) in [4.78, 5) is 32.8. The summed E-state index contributed by atoms with van der Waals surface area (Å²) in [7, 11) is 1.98. The highest BCUT2D eigenvalue weighted by Gasteiger charge is 2.38. The van der Waals surface area contributed by atoms with Gasteiger partial charge in [0.2, 0.25) is 5.91 Å². The second kappa shape index (κ2) is 8.41. The number of nitrogens with one attached hydrogen (secondary N) is 1. The van der Waals surface area contributed by atoms with Gasteiger partial charge >= 0.3 is 0 Å². The van der Waals surface area contributed by atoms with Crippen LogP contribution in [0.25, 0.3) is 11.0 Å². The molecule has 6 heteroatoms. The number of hydrogen-bond acceptors (Lipinski definition) is 3. The van der Waals surface area contributed by atoms with Gasteiger partial charge in [0.1, 0.15) is 5.82 Å². The second-order valence-corrected chi connectivity index (χ2v) is 9.19. The minimum absolute atomic E-state index is 0.0614. The summed E-state index contributed by atoms with van der Waals surface area (Å²) in [5.74, 6) is 1.52. The van der Waals surface area contributed by atoms with Crippen LogP contribution in [-0.2, 0) is 18.3 Å². The predicted molar refractivity (Wildman–Crippen MR) is 126 cm³/mol. The van der Waals surface area contributed by atoms with Gasteiger partial charge in [-0.2, -0.15) is 0 Å². The van der Waals surface area contributed by atoms with Crippen LogP contribution >= 0.6 is 0 Å². The SMILES string of the molecule is CCC(=O)Nc1cc(C(=O)N2CC3CCCC2C3)c2c(c1)nc(Cc1ccccc1)n2C. The molecule has 1 aliphatic carbocycles. The molecule has 0 radical (unpaired) electrons. The van der Waals surface area contributed by atoms with Crippen molar-refractivity contribution < 1.29 is 9.59 Å². The number of carbonyl (C=O) groups is 2. The van der Waals surface area contributed by atoms with E-state index in [0.717, 1.165) is 36.2 Å². The lowest BCUT2D eigenvalue weighted by Crippen LogP contribution is -2.35. The zero-order valence-electron chi connectivity index (χ0n) is 18.8. The van der Waals surface area contributed by atoms with Gasteiger partial charge < -0.3 is 14.8 Å². The molecule has 2 fully saturated rings. The van der Waals surface area contributed by atoms with Crippen molar-refractivity contribution in [2.75, 3.05) is 11.9 Å². The lowest BCUT2D eigenvalue weighted by molar-refractivity contribution is -0.115. The Morgan fingerprint density at radius 3 is 2.72 bits per heavy atom. The Balaban J connectivity index is 1.58. The number of carbonyl (C=O) groups excluding carboxylic acids is 2. The number of likely N-dealkylation sites (tertiary alicyclic amines) is 1. The van der Waals surface area contributed by atoms with Crippen molar-refractivity contribution >= 4 is 28.5 Å². The number of anilines is 1. The highest BCUT2D eigenvalue weighted by atomic mass is 16.2. The number of rotatable bonds is 5. The molecule has 1 aliphatic heterocycles. The van der Waals surface area contributed by atoms with Crippen LogP contribution in [0.1, 0.15) is 60.8 Å². The van der Waals surface area contributed by atoms with E-state index in [1.54, 1.807) is 0 Å². The zero-order valence-corrected chi connectivity index (χ0v) is 18.8. The van der Waals surface area contributed by atoms with Crippen molar-refractivity contribution in [3.8, 4) is 0 Å². The monoisotopic (exact) mass is 430 g/mol. The van der Waals surface area contributed by atoms with Gasteiger partial charge in [0, 0.05) is 38.2 Å². The van der Waals surface area contributed by atoms with Gasteiger partial charge in [-0.3, -0.25) is 9.59 Å². The average Bonchev–Trinajstić information content (AvgIpc) is 3.28. The number of nitrogens with zero attached hydrogens (tertiary/aromatic N) is 3. The average molecular weight is 431 g/mol. The molecule has 2 bridgehead atoms. The molecule has 5 rings (SSSR count). The number of aromatic nitrogens is 2. The van der Waals surface area contributed by atoms with E-state index in [2.05, 4.69) is 22.3 Å². The van der Waals surface area contributed by atoms with E-state index in [1.165, 1.54) is 18.4 Å². The van der Waals surface area contributed by atoms with Crippen molar-refractivity contribution in [3.05, 3.63) is 59.4 Å². The van der Waals surface area contributed by atoms with Gasteiger partial charge in [-0.15, -0.1) is 0 Å². The number of fused-ring (bicyclic) bond motifs is 3. The first kappa shape index (κ1) is 20.7. The number of amides is 2. The Bertz CT molecular complexity index is 1170. The van der Waals surface area contributed by atoms with Crippen LogP contribution in [0, 0.1) is 5.92 Å². The van der Waals surface area contributed by atoms with E-state index < -0.39 is 0 Å². The van der Waals surface area contributed by atoms with Gasteiger partial charge in [0.25, 0.3) is 5.91 Å². The fourth-order valence-corrected chi connectivity index (χ4v) is 5.36. The third kappa shape index (κ3) is 3.78. The van der Waals surface area contributed by atoms with E-state index in [9.17, 15) is 9.59 Å². The summed E-state index contributed by atoms with van der Waals surface area (Å²) in [6.45, 7) is 2.66. The largest absolute Gasteiger partial charge is 0.335 e. The fraction of sp³-hybridized carbons (Fsp3) is 0.423. The van der Waals surface area contributed by atoms with Crippen molar-refractivity contribution in [3.63, 3.8) is 0 Å². The van der Waals surface area contributed by atoms with Crippen LogP contribution in [0.3, 0.4) is 0 Å². The summed E-state index contributed by atoms with van der Waals surface area (Å²) < 4.78 is 2.04. The summed E-state index contributed by atoms with van der Waals surface area (Å²) in [5, 5.41) is 2.94. The highest BCUT2D eigenvalue weighted by molar-refractivity contribution is 6.08. The molecule has 32 heavy (non-hydrogen) atoms. The van der Waals surface area contributed by atoms with Crippen molar-refractivity contribution in [1.29, 1.82) is 0 Å². The second-order valence-electron chi connectivity index (χ2n) is 9.19. The molecular weight excluding hydrogens is 400 g/mol. The van der Waals surface area contributed by atoms with Gasteiger partial charge in [-0.05, 0) is 42.9 Å². The Kier molecular flexibility index (Phi) is 5.45. The molecule has 0 spiro atoms. The maximum Gasteiger partial charge on any atom is 0.256 e. The van der Waals surface area contributed by atoms with Crippen LogP contribution in [0.5, 0.6) is 0 Å². The topological polar surface area (TPSA) is 67.2 Å². The van der Waals surface area contributed by atoms with Crippen LogP contribution in [-0.4, -0.2) is 38.9 Å². The Morgan fingerprint density at radius 2 is 1.97 bits per heavy atom. The molecular formula is C26H30N4O2. The van der Waals surface area contributed by atoms with Crippen LogP contribution in [0.15, 0.2) is 42.5 Å². The lowest BCUT2D eigenvalue weighted by atomic mass is 9.90. The van der Waals surface area contributed by atoms with Gasteiger partial charge in [-0.25, -0.2) is 4.98 Å². The summed E-state index contributed by atoms with van der Waals surface area (Å²) >= 11 is 0. The Morgan fingerprint density at radius 1 is 1.16 bits per heavy atom. The van der Waals surface area contributed by atoms with Crippen molar-refractivity contribution in [2.45, 2.75) is 51.5 Å². The smallest absolute Gasteiger partial charge is 0.256 e.